The fourth-order valence-corrected chi connectivity index (χ4v) is 3.22. The van der Waals surface area contributed by atoms with E-state index < -0.39 is 0 Å². The second kappa shape index (κ2) is 4.62. The minimum atomic E-state index is -0.175. The highest BCUT2D eigenvalue weighted by molar-refractivity contribution is 5.82. The molecule has 1 aromatic heterocycles. The van der Waals surface area contributed by atoms with Crippen LogP contribution in [0, 0.1) is 0 Å². The van der Waals surface area contributed by atoms with Crippen LogP contribution in [0.15, 0.2) is 18.5 Å². The lowest BCUT2D eigenvalue weighted by Crippen LogP contribution is -2.29. The minimum absolute atomic E-state index is 0.175. The van der Waals surface area contributed by atoms with Crippen molar-refractivity contribution in [1.29, 1.82) is 0 Å². The lowest BCUT2D eigenvalue weighted by atomic mass is 9.71. The topological polar surface area (TPSA) is 84.1 Å². The number of hydrogen-bond donors (Lipinski definition) is 3. The van der Waals surface area contributed by atoms with E-state index in [1.54, 1.807) is 6.07 Å². The van der Waals surface area contributed by atoms with Crippen LogP contribution in [0.5, 0.6) is 5.75 Å². The van der Waals surface area contributed by atoms with Crippen molar-refractivity contribution in [3.63, 3.8) is 0 Å². The highest BCUT2D eigenvalue weighted by Crippen LogP contribution is 2.47. The predicted molar refractivity (Wildman–Crippen MR) is 84.4 cm³/mol. The molecule has 1 heterocycles. The number of aromatic nitrogens is 2. The summed E-state index contributed by atoms with van der Waals surface area (Å²) in [5.41, 5.74) is 10.7. The number of nitrogens with two attached hydrogens (primary N) is 1. The van der Waals surface area contributed by atoms with Gasteiger partial charge in [0.05, 0.1) is 11.4 Å². The molecule has 0 unspecified atom stereocenters. The van der Waals surface area contributed by atoms with Crippen molar-refractivity contribution in [2.24, 2.45) is 0 Å². The Morgan fingerprint density at radius 3 is 2.81 bits per heavy atom. The highest BCUT2D eigenvalue weighted by atomic mass is 16.3. The van der Waals surface area contributed by atoms with E-state index in [9.17, 15) is 5.11 Å². The molecule has 0 fully saturated rings. The molecule has 0 bridgehead atoms. The molecule has 4 N–H and O–H groups in total. The standard InChI is InChI=1S/C16H20N4O/c1-4-18-13-10-7-16(2,3)12-14(19-8-20-15(12)17)9(10)5-6-11(13)21/h5-6,8,18,21H,4,7H2,1-3H3,(H2,17,19,20). The van der Waals surface area contributed by atoms with Crippen LogP contribution in [-0.2, 0) is 11.8 Å². The van der Waals surface area contributed by atoms with Crippen LogP contribution in [0.1, 0.15) is 31.9 Å². The third-order valence-corrected chi connectivity index (χ3v) is 4.07. The third-order valence-electron chi connectivity index (χ3n) is 4.07. The zero-order valence-corrected chi connectivity index (χ0v) is 12.6. The Kier molecular flexibility index (Phi) is 3.01. The first-order valence-electron chi connectivity index (χ1n) is 7.15. The smallest absolute Gasteiger partial charge is 0.138 e. The van der Waals surface area contributed by atoms with Crippen molar-refractivity contribution >= 4 is 11.5 Å². The van der Waals surface area contributed by atoms with Crippen LogP contribution in [0.2, 0.25) is 0 Å². The van der Waals surface area contributed by atoms with E-state index in [2.05, 4.69) is 29.1 Å². The second-order valence-electron chi connectivity index (χ2n) is 6.06. The molecule has 5 nitrogen and oxygen atoms in total. The van der Waals surface area contributed by atoms with Gasteiger partial charge in [0.25, 0.3) is 0 Å². The molecule has 0 saturated carbocycles. The van der Waals surface area contributed by atoms with Gasteiger partial charge in [0.2, 0.25) is 0 Å². The van der Waals surface area contributed by atoms with E-state index in [0.29, 0.717) is 5.82 Å². The molecule has 1 aliphatic carbocycles. The molecule has 0 spiro atoms. The largest absolute Gasteiger partial charge is 0.506 e. The molecule has 0 radical (unpaired) electrons. The maximum Gasteiger partial charge on any atom is 0.138 e. The van der Waals surface area contributed by atoms with Gasteiger partial charge >= 0.3 is 0 Å². The van der Waals surface area contributed by atoms with Gasteiger partial charge < -0.3 is 16.2 Å². The normalized spacial score (nSPS) is 15.2. The molecule has 0 atom stereocenters. The number of nitrogen functional groups attached to an aromatic ring is 1. The Balaban J connectivity index is 2.32. The predicted octanol–water partition coefficient (Wildman–Crippen LogP) is 2.70. The number of fused-ring (bicyclic) bond motifs is 3. The Morgan fingerprint density at radius 1 is 1.33 bits per heavy atom. The number of benzene rings is 1. The third kappa shape index (κ3) is 2.00. The number of hydrogen-bond acceptors (Lipinski definition) is 5. The van der Waals surface area contributed by atoms with Crippen LogP contribution >= 0.6 is 0 Å². The van der Waals surface area contributed by atoms with Gasteiger partial charge in [0.1, 0.15) is 17.9 Å². The van der Waals surface area contributed by atoms with Crippen molar-refractivity contribution in [2.75, 3.05) is 17.6 Å². The zero-order chi connectivity index (χ0) is 15.2. The van der Waals surface area contributed by atoms with Crippen molar-refractivity contribution in [2.45, 2.75) is 32.6 Å². The van der Waals surface area contributed by atoms with Crippen LogP contribution in [0.3, 0.4) is 0 Å². The van der Waals surface area contributed by atoms with E-state index in [4.69, 9.17) is 5.73 Å². The molecule has 1 aromatic carbocycles. The van der Waals surface area contributed by atoms with Crippen LogP contribution in [0.4, 0.5) is 11.5 Å². The minimum Gasteiger partial charge on any atom is -0.506 e. The fraction of sp³-hybridized carbons (Fsp3) is 0.375. The molecule has 0 amide bonds. The summed E-state index contributed by atoms with van der Waals surface area (Å²) in [5.74, 6) is 0.811. The summed E-state index contributed by atoms with van der Waals surface area (Å²) >= 11 is 0. The SMILES string of the molecule is CCNc1c(O)ccc2c1CC(C)(C)c1c(N)ncnc1-2. The van der Waals surface area contributed by atoms with Gasteiger partial charge in [-0.1, -0.05) is 13.8 Å². The number of anilines is 2. The maximum absolute atomic E-state index is 10.2. The Hall–Kier alpha value is -2.30. The van der Waals surface area contributed by atoms with Crippen LogP contribution in [-0.4, -0.2) is 21.6 Å². The molecular formula is C16H20N4O. The molecule has 0 saturated heterocycles. The molecule has 2 aromatic rings. The van der Waals surface area contributed by atoms with Crippen LogP contribution in [0.25, 0.3) is 11.3 Å². The Labute approximate surface area is 124 Å². The van der Waals surface area contributed by atoms with Crippen molar-refractivity contribution < 1.29 is 5.11 Å². The first kappa shape index (κ1) is 13.7. The van der Waals surface area contributed by atoms with Gasteiger partial charge in [-0.05, 0) is 36.5 Å². The maximum atomic E-state index is 10.2. The van der Waals surface area contributed by atoms with Gasteiger partial charge in [0, 0.05) is 17.7 Å². The number of nitrogens with zero attached hydrogens (tertiary/aromatic N) is 2. The Morgan fingerprint density at radius 2 is 2.10 bits per heavy atom. The van der Waals surface area contributed by atoms with E-state index >= 15 is 0 Å². The van der Waals surface area contributed by atoms with Crippen molar-refractivity contribution in [3.8, 4) is 17.0 Å². The van der Waals surface area contributed by atoms with E-state index in [-0.39, 0.29) is 11.2 Å². The number of aromatic hydroxyl groups is 1. The second-order valence-corrected chi connectivity index (χ2v) is 6.06. The van der Waals surface area contributed by atoms with Crippen molar-refractivity contribution in [3.05, 3.63) is 29.6 Å². The molecule has 110 valence electrons. The molecule has 5 heteroatoms. The van der Waals surface area contributed by atoms with Gasteiger partial charge in [-0.25, -0.2) is 9.97 Å². The van der Waals surface area contributed by atoms with E-state index in [0.717, 1.165) is 41.0 Å². The summed E-state index contributed by atoms with van der Waals surface area (Å²) < 4.78 is 0. The molecule has 0 aliphatic heterocycles. The lowest BCUT2D eigenvalue weighted by molar-refractivity contribution is 0.473. The van der Waals surface area contributed by atoms with Gasteiger partial charge in [-0.15, -0.1) is 0 Å². The molecular weight excluding hydrogens is 264 g/mol. The first-order chi connectivity index (χ1) is 9.95. The first-order valence-corrected chi connectivity index (χ1v) is 7.15. The summed E-state index contributed by atoms with van der Waals surface area (Å²) in [6, 6.07) is 3.61. The van der Waals surface area contributed by atoms with Crippen LogP contribution < -0.4 is 11.1 Å². The quantitative estimate of drug-likeness (QED) is 0.738. The van der Waals surface area contributed by atoms with Crippen molar-refractivity contribution in [1.82, 2.24) is 9.97 Å². The summed E-state index contributed by atoms with van der Waals surface area (Å²) in [5, 5.41) is 13.4. The monoisotopic (exact) mass is 284 g/mol. The van der Waals surface area contributed by atoms with Gasteiger partial charge in [0.15, 0.2) is 0 Å². The van der Waals surface area contributed by atoms with Gasteiger partial charge in [-0.3, -0.25) is 0 Å². The number of phenols is 1. The molecule has 1 aliphatic rings. The number of phenolic OH excluding ortho intramolecular Hbond substituents is 1. The molecule has 21 heavy (non-hydrogen) atoms. The summed E-state index contributed by atoms with van der Waals surface area (Å²) in [6.45, 7) is 7.03. The zero-order valence-electron chi connectivity index (χ0n) is 12.6. The summed E-state index contributed by atoms with van der Waals surface area (Å²) in [7, 11) is 0. The lowest BCUT2D eigenvalue weighted by Gasteiger charge is -2.35. The Bertz CT molecular complexity index is 710. The van der Waals surface area contributed by atoms with E-state index in [1.165, 1.54) is 6.33 Å². The number of rotatable bonds is 2. The average molecular weight is 284 g/mol. The fourth-order valence-electron chi connectivity index (χ4n) is 3.22. The van der Waals surface area contributed by atoms with Gasteiger partial charge in [-0.2, -0.15) is 0 Å². The average Bonchev–Trinajstić information content (AvgIpc) is 2.41. The van der Waals surface area contributed by atoms with E-state index in [1.807, 2.05) is 13.0 Å². The summed E-state index contributed by atoms with van der Waals surface area (Å²) in [6.07, 6.45) is 2.28. The highest BCUT2D eigenvalue weighted by Gasteiger charge is 2.36. The molecule has 3 rings (SSSR count). The number of nitrogens with one attached hydrogen (secondary N) is 1. The summed E-state index contributed by atoms with van der Waals surface area (Å²) in [4.78, 5) is 8.59.